The van der Waals surface area contributed by atoms with Crippen LogP contribution in [0.2, 0.25) is 0 Å². The Kier molecular flexibility index (Phi) is 6.12. The lowest BCUT2D eigenvalue weighted by Crippen LogP contribution is -2.29. The van der Waals surface area contributed by atoms with Gasteiger partial charge in [0.2, 0.25) is 0 Å². The van der Waals surface area contributed by atoms with Crippen LogP contribution in [-0.2, 0) is 0 Å². The molecule has 0 aromatic heterocycles. The van der Waals surface area contributed by atoms with Crippen LogP contribution in [-0.4, -0.2) is 21.3 Å². The summed E-state index contributed by atoms with van der Waals surface area (Å²) in [6.07, 6.45) is 0.430. The highest BCUT2D eigenvalue weighted by molar-refractivity contribution is 14.1. The fraction of sp³-hybridized carbons (Fsp3) is 0.176. The average molecular weight is 423 g/mol. The minimum atomic E-state index is -0.270. The third-order valence-corrected chi connectivity index (χ3v) is 4.06. The highest BCUT2D eigenvalue weighted by Crippen LogP contribution is 2.20. The van der Waals surface area contributed by atoms with Gasteiger partial charge in [0.25, 0.3) is 5.91 Å². The van der Waals surface area contributed by atoms with Crippen LogP contribution >= 0.6 is 22.6 Å². The number of hydrogen-bond acceptors (Lipinski definition) is 4. The molecule has 0 fully saturated rings. The van der Waals surface area contributed by atoms with E-state index in [0.717, 1.165) is 5.56 Å². The summed E-state index contributed by atoms with van der Waals surface area (Å²) >= 11 is 1.86. The zero-order valence-corrected chi connectivity index (χ0v) is 14.6. The molecule has 0 spiro atoms. The fourth-order valence-electron chi connectivity index (χ4n) is 2.27. The molecule has 2 aromatic rings. The molecular weight excluding hydrogens is 405 g/mol. The largest absolute Gasteiger partial charge is 0.398 e. The number of anilines is 1. The van der Waals surface area contributed by atoms with Crippen LogP contribution in [0.25, 0.3) is 0 Å². The zero-order valence-electron chi connectivity index (χ0n) is 12.4. The Morgan fingerprint density at radius 2 is 1.96 bits per heavy atom. The van der Waals surface area contributed by atoms with Crippen molar-refractivity contribution in [1.29, 1.82) is 5.41 Å². The van der Waals surface area contributed by atoms with Crippen molar-refractivity contribution in [1.82, 2.24) is 5.32 Å². The summed E-state index contributed by atoms with van der Waals surface area (Å²) < 4.78 is 0.282. The highest BCUT2D eigenvalue weighted by Gasteiger charge is 2.16. The second-order valence-corrected chi connectivity index (χ2v) is 6.14. The van der Waals surface area contributed by atoms with Crippen molar-refractivity contribution in [3.8, 4) is 0 Å². The first kappa shape index (κ1) is 17.4. The molecule has 0 aliphatic rings. The molecule has 0 saturated carbocycles. The quantitative estimate of drug-likeness (QED) is 0.327. The van der Waals surface area contributed by atoms with Gasteiger partial charge < -0.3 is 16.2 Å². The van der Waals surface area contributed by atoms with Crippen molar-refractivity contribution >= 4 is 37.9 Å². The molecule has 1 amide bonds. The number of nitrogens with two attached hydrogens (primary N) is 1. The minimum Gasteiger partial charge on any atom is -0.398 e. The first-order chi connectivity index (χ1) is 11.0. The Morgan fingerprint density at radius 1 is 1.26 bits per heavy atom. The highest BCUT2D eigenvalue weighted by atomic mass is 127. The minimum absolute atomic E-state index is 0.0226. The Labute approximate surface area is 148 Å². The molecule has 23 heavy (non-hydrogen) atoms. The lowest BCUT2D eigenvalue weighted by Gasteiger charge is -2.18. The second kappa shape index (κ2) is 8.07. The van der Waals surface area contributed by atoms with E-state index in [1.165, 1.54) is 0 Å². The van der Waals surface area contributed by atoms with Gasteiger partial charge in [0.05, 0.1) is 6.04 Å². The van der Waals surface area contributed by atoms with E-state index >= 15 is 0 Å². The number of nitrogens with one attached hydrogen (secondary N) is 2. The average Bonchev–Trinajstić information content (AvgIpc) is 2.55. The first-order valence-electron chi connectivity index (χ1n) is 7.13. The zero-order chi connectivity index (χ0) is 16.8. The molecule has 2 aromatic carbocycles. The van der Waals surface area contributed by atoms with Gasteiger partial charge in [-0.1, -0.05) is 30.3 Å². The van der Waals surface area contributed by atoms with Crippen LogP contribution in [0.3, 0.4) is 0 Å². The second-order valence-electron chi connectivity index (χ2n) is 5.07. The number of carbonyl (C=O) groups excluding carboxylic acids is 1. The van der Waals surface area contributed by atoms with E-state index in [-0.39, 0.29) is 22.3 Å². The van der Waals surface area contributed by atoms with Gasteiger partial charge in [-0.05, 0) is 52.8 Å². The molecule has 0 aliphatic carbocycles. The van der Waals surface area contributed by atoms with Gasteiger partial charge in [0, 0.05) is 23.4 Å². The smallest absolute Gasteiger partial charge is 0.251 e. The normalized spacial score (nSPS) is 11.7. The maximum atomic E-state index is 12.5. The Morgan fingerprint density at radius 3 is 2.57 bits per heavy atom. The number of halogens is 1. The van der Waals surface area contributed by atoms with E-state index in [1.54, 1.807) is 18.2 Å². The van der Waals surface area contributed by atoms with Crippen LogP contribution in [0, 0.1) is 5.41 Å². The van der Waals surface area contributed by atoms with E-state index in [1.807, 2.05) is 52.9 Å². The van der Waals surface area contributed by atoms with E-state index in [0.29, 0.717) is 23.2 Å². The molecular formula is C17H18IN3O2. The fourth-order valence-corrected chi connectivity index (χ4v) is 2.73. The summed E-state index contributed by atoms with van der Waals surface area (Å²) in [5, 5.41) is 19.9. The van der Waals surface area contributed by atoms with E-state index in [4.69, 9.17) is 11.1 Å². The SMILES string of the molecule is N=C(I)c1cc(C(=O)NC(CCO)c2ccccc2)ccc1N. The van der Waals surface area contributed by atoms with Gasteiger partial charge in [-0.15, -0.1) is 0 Å². The molecule has 5 nitrogen and oxygen atoms in total. The molecule has 2 rings (SSSR count). The molecule has 1 atom stereocenters. The van der Waals surface area contributed by atoms with Gasteiger partial charge in [-0.3, -0.25) is 10.2 Å². The van der Waals surface area contributed by atoms with Gasteiger partial charge in [-0.2, -0.15) is 0 Å². The summed E-state index contributed by atoms with van der Waals surface area (Å²) in [7, 11) is 0. The molecule has 6 heteroatoms. The van der Waals surface area contributed by atoms with Crippen LogP contribution in [0.4, 0.5) is 5.69 Å². The number of nitrogen functional groups attached to an aromatic ring is 1. The summed E-state index contributed by atoms with van der Waals surface area (Å²) in [6, 6.07) is 14.1. The summed E-state index contributed by atoms with van der Waals surface area (Å²) in [5.74, 6) is -0.258. The molecule has 0 saturated heterocycles. The van der Waals surface area contributed by atoms with Crippen molar-refractivity contribution < 1.29 is 9.90 Å². The maximum absolute atomic E-state index is 12.5. The maximum Gasteiger partial charge on any atom is 0.251 e. The number of rotatable bonds is 6. The Hall–Kier alpha value is -1.93. The molecule has 0 radical (unpaired) electrons. The molecule has 0 aliphatic heterocycles. The monoisotopic (exact) mass is 423 g/mol. The molecule has 0 heterocycles. The molecule has 0 bridgehead atoms. The van der Waals surface area contributed by atoms with E-state index < -0.39 is 0 Å². The first-order valence-corrected chi connectivity index (χ1v) is 8.21. The van der Waals surface area contributed by atoms with Crippen LogP contribution in [0.15, 0.2) is 48.5 Å². The van der Waals surface area contributed by atoms with E-state index in [9.17, 15) is 9.90 Å². The predicted octanol–water partition coefficient (Wildman–Crippen LogP) is 2.88. The van der Waals surface area contributed by atoms with Crippen molar-refractivity contribution in [3.63, 3.8) is 0 Å². The van der Waals surface area contributed by atoms with Gasteiger partial charge in [0.1, 0.15) is 3.72 Å². The predicted molar refractivity (Wildman–Crippen MR) is 100 cm³/mol. The number of amides is 1. The number of aliphatic hydroxyl groups excluding tert-OH is 1. The number of benzene rings is 2. The standard InChI is InChI=1S/C17H18IN3O2/c18-16(20)13-10-12(6-7-14(13)19)17(23)21-15(8-9-22)11-4-2-1-3-5-11/h1-7,10,15,20,22H,8-9,19H2,(H,21,23). The lowest BCUT2D eigenvalue weighted by atomic mass is 10.0. The van der Waals surface area contributed by atoms with Crippen LogP contribution < -0.4 is 11.1 Å². The summed E-state index contributed by atoms with van der Waals surface area (Å²) in [4.78, 5) is 12.5. The number of carbonyl (C=O) groups is 1. The van der Waals surface area contributed by atoms with Crippen molar-refractivity contribution in [2.45, 2.75) is 12.5 Å². The molecule has 120 valence electrons. The van der Waals surface area contributed by atoms with Crippen LogP contribution in [0.1, 0.15) is 33.9 Å². The molecule has 1 unspecified atom stereocenters. The summed E-state index contributed by atoms with van der Waals surface area (Å²) in [6.45, 7) is -0.0226. The van der Waals surface area contributed by atoms with Gasteiger partial charge >= 0.3 is 0 Å². The van der Waals surface area contributed by atoms with Crippen molar-refractivity contribution in [3.05, 3.63) is 65.2 Å². The van der Waals surface area contributed by atoms with Crippen molar-refractivity contribution in [2.24, 2.45) is 0 Å². The van der Waals surface area contributed by atoms with Crippen molar-refractivity contribution in [2.75, 3.05) is 12.3 Å². The third kappa shape index (κ3) is 4.52. The van der Waals surface area contributed by atoms with Gasteiger partial charge in [-0.25, -0.2) is 0 Å². The van der Waals surface area contributed by atoms with Gasteiger partial charge in [0.15, 0.2) is 0 Å². The number of aliphatic hydroxyl groups is 1. The third-order valence-electron chi connectivity index (χ3n) is 3.48. The number of hydrogen-bond donors (Lipinski definition) is 4. The molecule has 5 N–H and O–H groups in total. The Bertz CT molecular complexity index is 704. The van der Waals surface area contributed by atoms with E-state index in [2.05, 4.69) is 5.32 Å². The van der Waals surface area contributed by atoms with Crippen LogP contribution in [0.5, 0.6) is 0 Å². The topological polar surface area (TPSA) is 99.2 Å². The summed E-state index contributed by atoms with van der Waals surface area (Å²) in [5.41, 5.74) is 8.20. The lowest BCUT2D eigenvalue weighted by molar-refractivity contribution is 0.0930. The Balaban J connectivity index is 2.22.